The Morgan fingerprint density at radius 2 is 2.00 bits per heavy atom. The standard InChI is InChI=1S/C11H19NO4/c1-16-7-9(13)12-10(11(14)15)8-5-3-2-4-6-8/h8,10H,2-7H2,1H3,(H,12,13)(H,14,15)/t10-/m1/s1. The van der Waals surface area contributed by atoms with Gasteiger partial charge < -0.3 is 15.2 Å². The van der Waals surface area contributed by atoms with Crippen molar-refractivity contribution in [2.45, 2.75) is 38.1 Å². The predicted octanol–water partition coefficient (Wildman–Crippen LogP) is 0.782. The zero-order valence-corrected chi connectivity index (χ0v) is 9.57. The molecule has 0 aliphatic heterocycles. The molecule has 1 saturated carbocycles. The molecule has 5 heteroatoms. The molecule has 1 aliphatic rings. The zero-order valence-electron chi connectivity index (χ0n) is 9.57. The molecule has 0 radical (unpaired) electrons. The Kier molecular flexibility index (Phi) is 5.25. The van der Waals surface area contributed by atoms with E-state index < -0.39 is 12.0 Å². The summed E-state index contributed by atoms with van der Waals surface area (Å²) in [6.07, 6.45) is 5.02. The van der Waals surface area contributed by atoms with Gasteiger partial charge in [0, 0.05) is 7.11 Å². The third-order valence-electron chi connectivity index (χ3n) is 2.98. The number of aliphatic carboxylic acids is 1. The van der Waals surface area contributed by atoms with E-state index in [0.717, 1.165) is 32.1 Å². The van der Waals surface area contributed by atoms with Crippen molar-refractivity contribution in [3.63, 3.8) is 0 Å². The van der Waals surface area contributed by atoms with E-state index in [1.165, 1.54) is 7.11 Å². The van der Waals surface area contributed by atoms with Crippen molar-refractivity contribution >= 4 is 11.9 Å². The van der Waals surface area contributed by atoms with Crippen LogP contribution in [-0.2, 0) is 14.3 Å². The van der Waals surface area contributed by atoms with E-state index in [1.807, 2.05) is 0 Å². The number of carbonyl (C=O) groups is 2. The second-order valence-electron chi connectivity index (χ2n) is 4.21. The molecule has 1 fully saturated rings. The number of rotatable bonds is 5. The lowest BCUT2D eigenvalue weighted by molar-refractivity contribution is -0.144. The molecule has 1 atom stereocenters. The summed E-state index contributed by atoms with van der Waals surface area (Å²) in [5.41, 5.74) is 0. The third-order valence-corrected chi connectivity index (χ3v) is 2.98. The minimum Gasteiger partial charge on any atom is -0.480 e. The van der Waals surface area contributed by atoms with Gasteiger partial charge in [-0.1, -0.05) is 19.3 Å². The summed E-state index contributed by atoms with van der Waals surface area (Å²) < 4.78 is 4.67. The van der Waals surface area contributed by atoms with Crippen LogP contribution in [0.3, 0.4) is 0 Å². The summed E-state index contributed by atoms with van der Waals surface area (Å²) >= 11 is 0. The fraction of sp³-hybridized carbons (Fsp3) is 0.818. The van der Waals surface area contributed by atoms with Crippen molar-refractivity contribution in [1.29, 1.82) is 0 Å². The number of amides is 1. The molecule has 0 aromatic rings. The molecule has 0 saturated heterocycles. The quantitative estimate of drug-likeness (QED) is 0.730. The highest BCUT2D eigenvalue weighted by Crippen LogP contribution is 2.26. The number of carboxylic acids is 1. The minimum atomic E-state index is -0.948. The topological polar surface area (TPSA) is 75.6 Å². The highest BCUT2D eigenvalue weighted by molar-refractivity contribution is 5.84. The van der Waals surface area contributed by atoms with Gasteiger partial charge in [0.2, 0.25) is 5.91 Å². The van der Waals surface area contributed by atoms with E-state index in [9.17, 15) is 9.59 Å². The van der Waals surface area contributed by atoms with Crippen LogP contribution in [0.15, 0.2) is 0 Å². The van der Waals surface area contributed by atoms with Crippen molar-refractivity contribution < 1.29 is 19.4 Å². The maximum atomic E-state index is 11.3. The van der Waals surface area contributed by atoms with E-state index in [4.69, 9.17) is 5.11 Å². The van der Waals surface area contributed by atoms with Crippen LogP contribution in [0.2, 0.25) is 0 Å². The molecule has 5 nitrogen and oxygen atoms in total. The molecule has 0 heterocycles. The predicted molar refractivity (Wildman–Crippen MR) is 58.0 cm³/mol. The van der Waals surface area contributed by atoms with Crippen LogP contribution in [0.25, 0.3) is 0 Å². The first-order chi connectivity index (χ1) is 7.65. The Morgan fingerprint density at radius 3 is 2.50 bits per heavy atom. The van der Waals surface area contributed by atoms with E-state index in [0.29, 0.717) is 0 Å². The van der Waals surface area contributed by atoms with Crippen LogP contribution in [0, 0.1) is 5.92 Å². The summed E-state index contributed by atoms with van der Waals surface area (Å²) in [5, 5.41) is 11.6. The van der Waals surface area contributed by atoms with Gasteiger partial charge in [-0.25, -0.2) is 4.79 Å². The van der Waals surface area contributed by atoms with Crippen LogP contribution in [0.1, 0.15) is 32.1 Å². The second kappa shape index (κ2) is 6.48. The molecule has 92 valence electrons. The van der Waals surface area contributed by atoms with Crippen LogP contribution >= 0.6 is 0 Å². The van der Waals surface area contributed by atoms with Crippen LogP contribution in [0.4, 0.5) is 0 Å². The van der Waals surface area contributed by atoms with Crippen molar-refractivity contribution in [3.8, 4) is 0 Å². The number of hydrogen-bond donors (Lipinski definition) is 2. The minimum absolute atomic E-state index is 0.0621. The molecule has 2 N–H and O–H groups in total. The van der Waals surface area contributed by atoms with Crippen LogP contribution in [-0.4, -0.2) is 36.7 Å². The Morgan fingerprint density at radius 1 is 1.38 bits per heavy atom. The average Bonchev–Trinajstić information content (AvgIpc) is 2.27. The first-order valence-electron chi connectivity index (χ1n) is 5.66. The maximum absolute atomic E-state index is 11.3. The largest absolute Gasteiger partial charge is 0.480 e. The molecular formula is C11H19NO4. The molecule has 0 spiro atoms. The van der Waals surface area contributed by atoms with Gasteiger partial charge >= 0.3 is 5.97 Å². The second-order valence-corrected chi connectivity index (χ2v) is 4.21. The molecule has 0 unspecified atom stereocenters. The molecule has 0 bridgehead atoms. The van der Waals surface area contributed by atoms with Crippen molar-refractivity contribution in [1.82, 2.24) is 5.32 Å². The van der Waals surface area contributed by atoms with E-state index in [1.54, 1.807) is 0 Å². The Labute approximate surface area is 95.2 Å². The summed E-state index contributed by atoms with van der Waals surface area (Å²) in [4.78, 5) is 22.4. The van der Waals surface area contributed by atoms with Crippen LogP contribution in [0.5, 0.6) is 0 Å². The summed E-state index contributed by atoms with van der Waals surface area (Å²) in [7, 11) is 1.41. The summed E-state index contributed by atoms with van der Waals surface area (Å²) in [6, 6.07) is -0.761. The van der Waals surface area contributed by atoms with E-state index >= 15 is 0 Å². The van der Waals surface area contributed by atoms with Gasteiger partial charge in [-0.15, -0.1) is 0 Å². The monoisotopic (exact) mass is 229 g/mol. The van der Waals surface area contributed by atoms with Gasteiger partial charge in [-0.3, -0.25) is 4.79 Å². The maximum Gasteiger partial charge on any atom is 0.326 e. The fourth-order valence-corrected chi connectivity index (χ4v) is 2.19. The first kappa shape index (κ1) is 13.0. The van der Waals surface area contributed by atoms with E-state index in [2.05, 4.69) is 10.1 Å². The number of ether oxygens (including phenoxy) is 1. The van der Waals surface area contributed by atoms with Gasteiger partial charge in [0.15, 0.2) is 0 Å². The van der Waals surface area contributed by atoms with Crippen LogP contribution < -0.4 is 5.32 Å². The molecule has 16 heavy (non-hydrogen) atoms. The third kappa shape index (κ3) is 3.81. The van der Waals surface area contributed by atoms with Gasteiger partial charge in [0.1, 0.15) is 12.6 Å². The number of carboxylic acid groups (broad SMARTS) is 1. The lowest BCUT2D eigenvalue weighted by Crippen LogP contribution is -2.47. The fourth-order valence-electron chi connectivity index (χ4n) is 2.19. The summed E-state index contributed by atoms with van der Waals surface area (Å²) in [5.74, 6) is -1.25. The molecular weight excluding hydrogens is 210 g/mol. The number of carbonyl (C=O) groups excluding carboxylic acids is 1. The van der Waals surface area contributed by atoms with Crippen molar-refractivity contribution in [3.05, 3.63) is 0 Å². The lowest BCUT2D eigenvalue weighted by Gasteiger charge is -2.27. The van der Waals surface area contributed by atoms with Gasteiger partial charge in [0.05, 0.1) is 0 Å². The lowest BCUT2D eigenvalue weighted by atomic mass is 9.84. The Bertz CT molecular complexity index is 246. The summed E-state index contributed by atoms with van der Waals surface area (Å²) in [6.45, 7) is -0.0868. The average molecular weight is 229 g/mol. The molecule has 1 aliphatic carbocycles. The number of methoxy groups -OCH3 is 1. The zero-order chi connectivity index (χ0) is 12.0. The molecule has 1 amide bonds. The smallest absolute Gasteiger partial charge is 0.326 e. The van der Waals surface area contributed by atoms with Gasteiger partial charge in [0.25, 0.3) is 0 Å². The van der Waals surface area contributed by atoms with Crippen molar-refractivity contribution in [2.24, 2.45) is 5.92 Å². The number of hydrogen-bond acceptors (Lipinski definition) is 3. The van der Waals surface area contributed by atoms with E-state index in [-0.39, 0.29) is 18.4 Å². The molecule has 0 aromatic carbocycles. The SMILES string of the molecule is COCC(=O)N[C@@H](C(=O)O)C1CCCCC1. The normalized spacial score (nSPS) is 19.1. The first-order valence-corrected chi connectivity index (χ1v) is 5.66. The molecule has 1 rings (SSSR count). The van der Waals surface area contributed by atoms with Gasteiger partial charge in [-0.2, -0.15) is 0 Å². The highest BCUT2D eigenvalue weighted by atomic mass is 16.5. The van der Waals surface area contributed by atoms with Gasteiger partial charge in [-0.05, 0) is 18.8 Å². The Hall–Kier alpha value is -1.10. The number of nitrogens with one attached hydrogen (secondary N) is 1. The molecule has 0 aromatic heterocycles. The van der Waals surface area contributed by atoms with Crippen molar-refractivity contribution in [2.75, 3.05) is 13.7 Å². The Balaban J connectivity index is 2.52. The highest BCUT2D eigenvalue weighted by Gasteiger charge is 2.30.